The van der Waals surface area contributed by atoms with Crippen molar-refractivity contribution in [2.75, 3.05) is 0 Å². The summed E-state index contributed by atoms with van der Waals surface area (Å²) in [5.74, 6) is 1.30. The molecule has 11 heavy (non-hydrogen) atoms. The molecule has 2 rings (SSSR count). The van der Waals surface area contributed by atoms with Crippen molar-refractivity contribution in [1.82, 2.24) is 0 Å². The molecule has 0 aromatic heterocycles. The lowest BCUT2D eigenvalue weighted by Gasteiger charge is -1.95. The molecule has 0 aliphatic heterocycles. The van der Waals surface area contributed by atoms with Gasteiger partial charge < -0.3 is 5.73 Å². The van der Waals surface area contributed by atoms with Gasteiger partial charge in [0.15, 0.2) is 0 Å². The molecular weight excluding hydrogens is 134 g/mol. The minimum atomic E-state index is 0.400. The molecule has 1 aromatic rings. The van der Waals surface area contributed by atoms with E-state index in [2.05, 4.69) is 31.2 Å². The van der Waals surface area contributed by atoms with Crippen molar-refractivity contribution in [3.05, 3.63) is 35.9 Å². The van der Waals surface area contributed by atoms with Gasteiger partial charge in [0, 0.05) is 12.0 Å². The van der Waals surface area contributed by atoms with Gasteiger partial charge in [0.1, 0.15) is 0 Å². The largest absolute Gasteiger partial charge is 0.327 e. The average Bonchev–Trinajstić information content (AvgIpc) is 2.62. The minimum Gasteiger partial charge on any atom is -0.327 e. The molecule has 0 heterocycles. The van der Waals surface area contributed by atoms with Crippen LogP contribution in [0.5, 0.6) is 0 Å². The molecule has 1 aromatic carbocycles. The van der Waals surface area contributed by atoms with Gasteiger partial charge in [0.05, 0.1) is 0 Å². The molecule has 1 heteroatoms. The van der Waals surface area contributed by atoms with E-state index in [0.717, 1.165) is 0 Å². The van der Waals surface area contributed by atoms with Crippen LogP contribution >= 0.6 is 0 Å². The van der Waals surface area contributed by atoms with Gasteiger partial charge in [-0.2, -0.15) is 0 Å². The van der Waals surface area contributed by atoms with E-state index < -0.39 is 0 Å². The second-order valence-corrected chi connectivity index (χ2v) is 3.37. The highest BCUT2D eigenvalue weighted by molar-refractivity contribution is 5.29. The first-order valence-electron chi connectivity index (χ1n) is 4.11. The zero-order chi connectivity index (χ0) is 7.84. The van der Waals surface area contributed by atoms with Gasteiger partial charge in [0.25, 0.3) is 0 Å². The summed E-state index contributed by atoms with van der Waals surface area (Å²) in [5, 5.41) is 0. The highest BCUT2D eigenvalue weighted by Crippen LogP contribution is 2.45. The molecule has 58 valence electrons. The van der Waals surface area contributed by atoms with Crippen LogP contribution in [0.25, 0.3) is 0 Å². The van der Waals surface area contributed by atoms with Crippen molar-refractivity contribution >= 4 is 0 Å². The summed E-state index contributed by atoms with van der Waals surface area (Å²) >= 11 is 0. The maximum Gasteiger partial charge on any atom is 0.0143 e. The highest BCUT2D eigenvalue weighted by atomic mass is 14.8. The predicted molar refractivity (Wildman–Crippen MR) is 46.3 cm³/mol. The van der Waals surface area contributed by atoms with Crippen LogP contribution in [0.2, 0.25) is 0 Å². The smallest absolute Gasteiger partial charge is 0.0143 e. The number of rotatable bonds is 1. The Morgan fingerprint density at radius 2 is 1.73 bits per heavy atom. The van der Waals surface area contributed by atoms with E-state index in [0.29, 0.717) is 17.9 Å². The highest BCUT2D eigenvalue weighted by Gasteiger charge is 2.44. The quantitative estimate of drug-likeness (QED) is 0.643. The Morgan fingerprint density at radius 1 is 1.18 bits per heavy atom. The second kappa shape index (κ2) is 2.35. The predicted octanol–water partition coefficient (Wildman–Crippen LogP) is 1.75. The number of nitrogens with two attached hydrogens (primary N) is 1. The van der Waals surface area contributed by atoms with E-state index in [-0.39, 0.29) is 0 Å². The maximum atomic E-state index is 5.84. The second-order valence-electron chi connectivity index (χ2n) is 3.37. The molecular formula is C10H13N. The van der Waals surface area contributed by atoms with Gasteiger partial charge in [-0.1, -0.05) is 37.3 Å². The molecule has 0 radical (unpaired) electrons. The molecule has 1 fully saturated rings. The van der Waals surface area contributed by atoms with Crippen LogP contribution in [0.15, 0.2) is 30.3 Å². The SMILES string of the molecule is C[C@@H]1[C@@H](N)[C@H]1c1ccccc1. The summed E-state index contributed by atoms with van der Waals surface area (Å²) in [7, 11) is 0. The molecule has 1 aliphatic rings. The van der Waals surface area contributed by atoms with Gasteiger partial charge in [-0.15, -0.1) is 0 Å². The standard InChI is InChI=1S/C10H13N/c1-7-9(10(7)11)8-5-3-2-4-6-8/h2-7,9-10H,11H2,1H3/t7-,9+,10+/m0/s1. The topological polar surface area (TPSA) is 26.0 Å². The third kappa shape index (κ3) is 1.05. The van der Waals surface area contributed by atoms with Gasteiger partial charge in [-0.3, -0.25) is 0 Å². The molecule has 0 unspecified atom stereocenters. The lowest BCUT2D eigenvalue weighted by molar-refractivity contribution is 0.885. The van der Waals surface area contributed by atoms with Crippen LogP contribution in [0.4, 0.5) is 0 Å². The molecule has 0 saturated heterocycles. The van der Waals surface area contributed by atoms with E-state index >= 15 is 0 Å². The van der Waals surface area contributed by atoms with Crippen LogP contribution in [-0.4, -0.2) is 6.04 Å². The molecule has 1 saturated carbocycles. The fourth-order valence-corrected chi connectivity index (χ4v) is 1.69. The first-order valence-corrected chi connectivity index (χ1v) is 4.11. The van der Waals surface area contributed by atoms with Crippen molar-refractivity contribution in [3.8, 4) is 0 Å². The Balaban J connectivity index is 2.20. The molecule has 0 spiro atoms. The van der Waals surface area contributed by atoms with E-state index in [1.165, 1.54) is 5.56 Å². The van der Waals surface area contributed by atoms with Crippen LogP contribution < -0.4 is 5.73 Å². The van der Waals surface area contributed by atoms with Crippen LogP contribution in [-0.2, 0) is 0 Å². The first kappa shape index (κ1) is 6.86. The van der Waals surface area contributed by atoms with E-state index in [1.807, 2.05) is 6.07 Å². The van der Waals surface area contributed by atoms with Crippen LogP contribution in [0.1, 0.15) is 18.4 Å². The molecule has 2 N–H and O–H groups in total. The molecule has 0 bridgehead atoms. The average molecular weight is 147 g/mol. The van der Waals surface area contributed by atoms with Crippen molar-refractivity contribution in [1.29, 1.82) is 0 Å². The zero-order valence-corrected chi connectivity index (χ0v) is 6.70. The monoisotopic (exact) mass is 147 g/mol. The van der Waals surface area contributed by atoms with Crippen LogP contribution in [0, 0.1) is 5.92 Å². The summed E-state index contributed by atoms with van der Waals surface area (Å²) in [6.45, 7) is 2.21. The number of hydrogen-bond donors (Lipinski definition) is 1. The Kier molecular flexibility index (Phi) is 1.46. The van der Waals surface area contributed by atoms with E-state index in [9.17, 15) is 0 Å². The lowest BCUT2D eigenvalue weighted by Crippen LogP contribution is -2.02. The fourth-order valence-electron chi connectivity index (χ4n) is 1.69. The third-order valence-corrected chi connectivity index (χ3v) is 2.63. The number of hydrogen-bond acceptors (Lipinski definition) is 1. The van der Waals surface area contributed by atoms with Crippen molar-refractivity contribution in [2.24, 2.45) is 11.7 Å². The summed E-state index contributed by atoms with van der Waals surface area (Å²) in [5.41, 5.74) is 7.24. The summed E-state index contributed by atoms with van der Waals surface area (Å²) in [6, 6.07) is 10.9. The third-order valence-electron chi connectivity index (χ3n) is 2.63. The zero-order valence-electron chi connectivity index (χ0n) is 6.70. The Bertz CT molecular complexity index is 234. The number of benzene rings is 1. The van der Waals surface area contributed by atoms with E-state index in [4.69, 9.17) is 5.73 Å². The van der Waals surface area contributed by atoms with Gasteiger partial charge in [-0.05, 0) is 11.5 Å². The Morgan fingerprint density at radius 3 is 2.18 bits per heavy atom. The summed E-state index contributed by atoms with van der Waals surface area (Å²) in [4.78, 5) is 0. The van der Waals surface area contributed by atoms with Crippen molar-refractivity contribution < 1.29 is 0 Å². The minimum absolute atomic E-state index is 0.400. The summed E-state index contributed by atoms with van der Waals surface area (Å²) < 4.78 is 0. The van der Waals surface area contributed by atoms with Gasteiger partial charge in [0.2, 0.25) is 0 Å². The van der Waals surface area contributed by atoms with Gasteiger partial charge >= 0.3 is 0 Å². The van der Waals surface area contributed by atoms with Crippen molar-refractivity contribution in [2.45, 2.75) is 18.9 Å². The molecule has 0 amide bonds. The van der Waals surface area contributed by atoms with Gasteiger partial charge in [-0.25, -0.2) is 0 Å². The molecule has 1 aliphatic carbocycles. The molecule has 3 atom stereocenters. The Labute approximate surface area is 67.2 Å². The lowest BCUT2D eigenvalue weighted by atomic mass is 10.1. The van der Waals surface area contributed by atoms with E-state index in [1.54, 1.807) is 0 Å². The van der Waals surface area contributed by atoms with Crippen LogP contribution in [0.3, 0.4) is 0 Å². The normalized spacial score (nSPS) is 35.3. The van der Waals surface area contributed by atoms with Crippen molar-refractivity contribution in [3.63, 3.8) is 0 Å². The fraction of sp³-hybridized carbons (Fsp3) is 0.400. The summed E-state index contributed by atoms with van der Waals surface area (Å²) in [6.07, 6.45) is 0. The molecule has 1 nitrogen and oxygen atoms in total. The maximum absolute atomic E-state index is 5.84. The Hall–Kier alpha value is -0.820. The first-order chi connectivity index (χ1) is 5.30.